The summed E-state index contributed by atoms with van der Waals surface area (Å²) in [5.41, 5.74) is 3.90. The van der Waals surface area contributed by atoms with Gasteiger partial charge in [0.1, 0.15) is 3.70 Å². The molecule has 2 aromatic rings. The second-order valence-electron chi connectivity index (χ2n) is 3.84. The summed E-state index contributed by atoms with van der Waals surface area (Å²) in [5.74, 6) is 0. The Morgan fingerprint density at radius 2 is 1.94 bits per heavy atom. The molecule has 0 spiro atoms. The van der Waals surface area contributed by atoms with Crippen LogP contribution in [-0.2, 0) is 6.54 Å². The molecule has 0 unspecified atom stereocenters. The van der Waals surface area contributed by atoms with Gasteiger partial charge in [0.15, 0.2) is 0 Å². The Balaban J connectivity index is 2.33. The quantitative estimate of drug-likeness (QED) is 0.756. The Hall–Kier alpha value is -0.550. The molecular weight excluding hydrogens is 335 g/mol. The molecule has 0 saturated heterocycles. The van der Waals surface area contributed by atoms with E-state index in [1.54, 1.807) is 0 Å². The van der Waals surface area contributed by atoms with Crippen molar-refractivity contribution >= 4 is 34.2 Å². The molecule has 0 fully saturated rings. The van der Waals surface area contributed by atoms with E-state index in [9.17, 15) is 0 Å². The fourth-order valence-corrected chi connectivity index (χ4v) is 2.28. The lowest BCUT2D eigenvalue weighted by Crippen LogP contribution is -2.04. The smallest absolute Gasteiger partial charge is 0.141 e. The van der Waals surface area contributed by atoms with Gasteiger partial charge in [-0.3, -0.25) is 4.68 Å². The van der Waals surface area contributed by atoms with E-state index in [4.69, 9.17) is 11.6 Å². The van der Waals surface area contributed by atoms with Gasteiger partial charge in [-0.15, -0.1) is 0 Å². The number of aromatic nitrogens is 2. The van der Waals surface area contributed by atoms with E-state index in [0.29, 0.717) is 5.02 Å². The first-order valence-corrected chi connectivity index (χ1v) is 6.47. The van der Waals surface area contributed by atoms with E-state index < -0.39 is 0 Å². The van der Waals surface area contributed by atoms with E-state index in [0.717, 1.165) is 10.2 Å². The second-order valence-corrected chi connectivity index (χ2v) is 5.26. The van der Waals surface area contributed by atoms with E-state index in [1.165, 1.54) is 16.7 Å². The molecule has 0 atom stereocenters. The number of aryl methyl sites for hydroxylation is 2. The van der Waals surface area contributed by atoms with Gasteiger partial charge in [-0.25, -0.2) is 0 Å². The molecule has 0 aliphatic heterocycles. The van der Waals surface area contributed by atoms with Crippen LogP contribution in [0, 0.1) is 17.5 Å². The first kappa shape index (κ1) is 11.9. The standard InChI is InChI=1S/C12H12ClIN2/c1-8-4-3-5-9(2)10(8)6-16-7-11(13)12(14)15-16/h3-5,7H,6H2,1-2H3. The van der Waals surface area contributed by atoms with Gasteiger partial charge >= 0.3 is 0 Å². The van der Waals surface area contributed by atoms with E-state index in [1.807, 2.05) is 10.9 Å². The Morgan fingerprint density at radius 3 is 2.44 bits per heavy atom. The zero-order valence-corrected chi connectivity index (χ0v) is 12.1. The number of halogens is 2. The molecule has 0 saturated carbocycles. The number of nitrogens with zero attached hydrogens (tertiary/aromatic N) is 2. The van der Waals surface area contributed by atoms with Crippen molar-refractivity contribution in [2.75, 3.05) is 0 Å². The fraction of sp³-hybridized carbons (Fsp3) is 0.250. The van der Waals surface area contributed by atoms with Crippen molar-refractivity contribution in [1.82, 2.24) is 9.78 Å². The minimum Gasteiger partial charge on any atom is -0.266 e. The number of rotatable bonds is 2. The zero-order valence-electron chi connectivity index (χ0n) is 9.17. The molecule has 1 heterocycles. The van der Waals surface area contributed by atoms with Gasteiger partial charge in [-0.2, -0.15) is 5.10 Å². The van der Waals surface area contributed by atoms with Crippen LogP contribution in [0.3, 0.4) is 0 Å². The summed E-state index contributed by atoms with van der Waals surface area (Å²) in [6.07, 6.45) is 1.87. The molecule has 1 aromatic carbocycles. The van der Waals surface area contributed by atoms with Crippen molar-refractivity contribution in [3.05, 3.63) is 49.8 Å². The van der Waals surface area contributed by atoms with Crippen molar-refractivity contribution in [1.29, 1.82) is 0 Å². The van der Waals surface area contributed by atoms with Crippen molar-refractivity contribution in [3.8, 4) is 0 Å². The highest BCUT2D eigenvalue weighted by Crippen LogP contribution is 2.19. The fourth-order valence-electron chi connectivity index (χ4n) is 1.71. The summed E-state index contributed by atoms with van der Waals surface area (Å²) in [4.78, 5) is 0. The molecule has 0 radical (unpaired) electrons. The lowest BCUT2D eigenvalue weighted by molar-refractivity contribution is 0.675. The first-order valence-electron chi connectivity index (χ1n) is 5.01. The second kappa shape index (κ2) is 4.75. The predicted octanol–water partition coefficient (Wildman–Crippen LogP) is 3.81. The molecule has 2 rings (SSSR count). The van der Waals surface area contributed by atoms with E-state index in [2.05, 4.69) is 59.7 Å². The molecule has 2 nitrogen and oxygen atoms in total. The maximum Gasteiger partial charge on any atom is 0.141 e. The summed E-state index contributed by atoms with van der Waals surface area (Å²) in [6.45, 7) is 5.03. The molecule has 84 valence electrons. The summed E-state index contributed by atoms with van der Waals surface area (Å²) in [7, 11) is 0. The van der Waals surface area contributed by atoms with Crippen LogP contribution in [0.4, 0.5) is 0 Å². The minimum atomic E-state index is 0.715. The van der Waals surface area contributed by atoms with Crippen LogP contribution in [-0.4, -0.2) is 9.78 Å². The third-order valence-corrected chi connectivity index (χ3v) is 4.03. The number of hydrogen-bond donors (Lipinski definition) is 0. The Bertz CT molecular complexity index is 480. The first-order chi connectivity index (χ1) is 7.58. The highest BCUT2D eigenvalue weighted by molar-refractivity contribution is 14.1. The summed E-state index contributed by atoms with van der Waals surface area (Å²) >= 11 is 8.13. The monoisotopic (exact) mass is 346 g/mol. The average Bonchev–Trinajstić information content (AvgIpc) is 2.53. The predicted molar refractivity (Wildman–Crippen MR) is 75.0 cm³/mol. The molecule has 1 aromatic heterocycles. The summed E-state index contributed by atoms with van der Waals surface area (Å²) in [5, 5.41) is 5.07. The normalized spacial score (nSPS) is 10.8. The highest BCUT2D eigenvalue weighted by Gasteiger charge is 2.07. The third-order valence-electron chi connectivity index (χ3n) is 2.64. The number of hydrogen-bond acceptors (Lipinski definition) is 1. The Morgan fingerprint density at radius 1 is 1.31 bits per heavy atom. The van der Waals surface area contributed by atoms with Gasteiger partial charge in [0.05, 0.1) is 11.6 Å². The van der Waals surface area contributed by atoms with Gasteiger partial charge in [0.25, 0.3) is 0 Å². The number of benzene rings is 1. The van der Waals surface area contributed by atoms with E-state index >= 15 is 0 Å². The van der Waals surface area contributed by atoms with Crippen LogP contribution in [0.1, 0.15) is 16.7 Å². The lowest BCUT2D eigenvalue weighted by atomic mass is 10.0. The Kier molecular flexibility index (Phi) is 3.54. The molecule has 16 heavy (non-hydrogen) atoms. The van der Waals surface area contributed by atoms with Crippen molar-refractivity contribution in [2.45, 2.75) is 20.4 Å². The maximum absolute atomic E-state index is 5.98. The van der Waals surface area contributed by atoms with Gasteiger partial charge < -0.3 is 0 Å². The van der Waals surface area contributed by atoms with Crippen LogP contribution in [0.5, 0.6) is 0 Å². The largest absolute Gasteiger partial charge is 0.266 e. The molecule has 0 aliphatic carbocycles. The van der Waals surface area contributed by atoms with Crippen LogP contribution in [0.15, 0.2) is 24.4 Å². The Labute approximate surface area is 114 Å². The van der Waals surface area contributed by atoms with Crippen molar-refractivity contribution in [2.24, 2.45) is 0 Å². The maximum atomic E-state index is 5.98. The van der Waals surface area contributed by atoms with Crippen LogP contribution in [0.2, 0.25) is 5.02 Å². The van der Waals surface area contributed by atoms with Gasteiger partial charge in [-0.1, -0.05) is 29.8 Å². The highest BCUT2D eigenvalue weighted by atomic mass is 127. The summed E-state index contributed by atoms with van der Waals surface area (Å²) in [6, 6.07) is 6.32. The molecule has 0 amide bonds. The molecule has 0 aliphatic rings. The van der Waals surface area contributed by atoms with Gasteiger partial charge in [-0.05, 0) is 53.1 Å². The molecule has 4 heteroatoms. The van der Waals surface area contributed by atoms with Crippen LogP contribution >= 0.6 is 34.2 Å². The molecule has 0 bridgehead atoms. The van der Waals surface area contributed by atoms with Crippen LogP contribution in [0.25, 0.3) is 0 Å². The SMILES string of the molecule is Cc1cccc(C)c1Cn1cc(Cl)c(I)n1. The third kappa shape index (κ3) is 2.40. The summed E-state index contributed by atoms with van der Waals surface area (Å²) < 4.78 is 2.74. The lowest BCUT2D eigenvalue weighted by Gasteiger charge is -2.09. The topological polar surface area (TPSA) is 17.8 Å². The van der Waals surface area contributed by atoms with Gasteiger partial charge in [0.2, 0.25) is 0 Å². The van der Waals surface area contributed by atoms with Gasteiger partial charge in [0, 0.05) is 6.20 Å². The zero-order chi connectivity index (χ0) is 11.7. The molecular formula is C12H12ClIN2. The average molecular weight is 347 g/mol. The molecule has 0 N–H and O–H groups in total. The van der Waals surface area contributed by atoms with E-state index in [-0.39, 0.29) is 0 Å². The minimum absolute atomic E-state index is 0.715. The van der Waals surface area contributed by atoms with Crippen LogP contribution < -0.4 is 0 Å². The van der Waals surface area contributed by atoms with Crippen molar-refractivity contribution < 1.29 is 0 Å². The van der Waals surface area contributed by atoms with Crippen molar-refractivity contribution in [3.63, 3.8) is 0 Å².